The van der Waals surface area contributed by atoms with Crippen molar-refractivity contribution in [3.63, 3.8) is 0 Å². The Hall–Kier alpha value is -0.690. The fourth-order valence-electron chi connectivity index (χ4n) is 2.64. The van der Waals surface area contributed by atoms with Crippen molar-refractivity contribution in [1.29, 1.82) is 0 Å². The summed E-state index contributed by atoms with van der Waals surface area (Å²) in [6.07, 6.45) is 7.13. The van der Waals surface area contributed by atoms with Crippen LogP contribution >= 0.6 is 11.6 Å². The molecule has 1 fully saturated rings. The van der Waals surface area contributed by atoms with Gasteiger partial charge in [-0.2, -0.15) is 0 Å². The van der Waals surface area contributed by atoms with Crippen molar-refractivity contribution in [3.8, 4) is 5.75 Å². The summed E-state index contributed by atoms with van der Waals surface area (Å²) in [5.41, 5.74) is 2.74. The first kappa shape index (κ1) is 11.4. The van der Waals surface area contributed by atoms with Gasteiger partial charge in [-0.15, -0.1) is 11.6 Å². The minimum Gasteiger partial charge on any atom is -0.493 e. The van der Waals surface area contributed by atoms with Gasteiger partial charge < -0.3 is 4.74 Å². The number of rotatable bonds is 4. The summed E-state index contributed by atoms with van der Waals surface area (Å²) >= 11 is 6.37. The monoisotopic (exact) mass is 250 g/mol. The van der Waals surface area contributed by atoms with Gasteiger partial charge in [0, 0.05) is 5.38 Å². The SMILES string of the molecule is ClC(CCc1cccc2c1OCCC2)C1CC1. The van der Waals surface area contributed by atoms with Gasteiger partial charge in [0.25, 0.3) is 0 Å². The van der Waals surface area contributed by atoms with Crippen molar-refractivity contribution in [1.82, 2.24) is 0 Å². The molecule has 0 saturated heterocycles. The molecule has 1 nitrogen and oxygen atoms in total. The minimum absolute atomic E-state index is 0.370. The molecule has 1 aromatic rings. The largest absolute Gasteiger partial charge is 0.493 e. The van der Waals surface area contributed by atoms with Crippen LogP contribution in [0.15, 0.2) is 18.2 Å². The predicted molar refractivity (Wildman–Crippen MR) is 70.9 cm³/mol. The summed E-state index contributed by atoms with van der Waals surface area (Å²) in [6, 6.07) is 6.54. The second-order valence-electron chi connectivity index (χ2n) is 5.25. The molecule has 2 aliphatic rings. The zero-order valence-corrected chi connectivity index (χ0v) is 10.9. The Bertz CT molecular complexity index is 398. The fourth-order valence-corrected chi connectivity index (χ4v) is 3.00. The Morgan fingerprint density at radius 2 is 2.24 bits per heavy atom. The third-order valence-corrected chi connectivity index (χ3v) is 4.41. The maximum atomic E-state index is 6.37. The molecule has 0 N–H and O–H groups in total. The van der Waals surface area contributed by atoms with Crippen molar-refractivity contribution < 1.29 is 4.74 Å². The second kappa shape index (κ2) is 4.89. The molecule has 0 aromatic heterocycles. The molecule has 3 rings (SSSR count). The third-order valence-electron chi connectivity index (χ3n) is 3.84. The van der Waals surface area contributed by atoms with Crippen LogP contribution in [-0.2, 0) is 12.8 Å². The molecule has 2 heteroatoms. The fraction of sp³-hybridized carbons (Fsp3) is 0.600. The van der Waals surface area contributed by atoms with E-state index in [1.165, 1.54) is 24.0 Å². The maximum absolute atomic E-state index is 6.37. The molecule has 1 heterocycles. The second-order valence-corrected chi connectivity index (χ2v) is 5.81. The lowest BCUT2D eigenvalue weighted by Crippen LogP contribution is -2.11. The molecule has 0 bridgehead atoms. The van der Waals surface area contributed by atoms with Crippen molar-refractivity contribution in [2.75, 3.05) is 6.61 Å². The summed E-state index contributed by atoms with van der Waals surface area (Å²) in [6.45, 7) is 0.872. The van der Waals surface area contributed by atoms with Crippen LogP contribution < -0.4 is 4.74 Å². The highest BCUT2D eigenvalue weighted by Crippen LogP contribution is 2.38. The lowest BCUT2D eigenvalue weighted by Gasteiger charge is -2.20. The van der Waals surface area contributed by atoms with Crippen LogP contribution in [0, 0.1) is 5.92 Å². The van der Waals surface area contributed by atoms with Crippen molar-refractivity contribution in [2.45, 2.75) is 43.9 Å². The number of ether oxygens (including phenoxy) is 1. The number of benzene rings is 1. The molecule has 0 spiro atoms. The summed E-state index contributed by atoms with van der Waals surface area (Å²) < 4.78 is 5.82. The van der Waals surface area contributed by atoms with E-state index in [0.717, 1.165) is 44.0 Å². The summed E-state index contributed by atoms with van der Waals surface area (Å²) in [7, 11) is 0. The number of aryl methyl sites for hydroxylation is 2. The van der Waals surface area contributed by atoms with Gasteiger partial charge in [-0.1, -0.05) is 18.2 Å². The van der Waals surface area contributed by atoms with E-state index in [-0.39, 0.29) is 0 Å². The third kappa shape index (κ3) is 2.60. The molecule has 1 aliphatic carbocycles. The van der Waals surface area contributed by atoms with E-state index in [4.69, 9.17) is 16.3 Å². The number of para-hydroxylation sites is 1. The minimum atomic E-state index is 0.370. The Kier molecular flexibility index (Phi) is 3.28. The highest BCUT2D eigenvalue weighted by molar-refractivity contribution is 6.20. The first-order chi connectivity index (χ1) is 8.34. The molecule has 0 amide bonds. The lowest BCUT2D eigenvalue weighted by molar-refractivity contribution is 0.285. The average Bonchev–Trinajstić information content (AvgIpc) is 3.20. The summed E-state index contributed by atoms with van der Waals surface area (Å²) in [4.78, 5) is 0. The molecular weight excluding hydrogens is 232 g/mol. The number of alkyl halides is 1. The number of halogens is 1. The van der Waals surface area contributed by atoms with Crippen LogP contribution in [0.4, 0.5) is 0 Å². The molecule has 0 radical (unpaired) electrons. The standard InChI is InChI=1S/C15H19ClO/c16-14(11-6-7-11)9-8-13-4-1-3-12-5-2-10-17-15(12)13/h1,3-4,11,14H,2,5-10H2. The van der Waals surface area contributed by atoms with Crippen LogP contribution in [0.1, 0.15) is 36.8 Å². The first-order valence-corrected chi connectivity index (χ1v) is 7.16. The Balaban J connectivity index is 1.69. The van der Waals surface area contributed by atoms with Gasteiger partial charge in [-0.05, 0) is 55.6 Å². The number of fused-ring (bicyclic) bond motifs is 1. The molecule has 1 saturated carbocycles. The van der Waals surface area contributed by atoms with Crippen LogP contribution in [0.25, 0.3) is 0 Å². The van der Waals surface area contributed by atoms with Gasteiger partial charge in [-0.25, -0.2) is 0 Å². The van der Waals surface area contributed by atoms with Gasteiger partial charge >= 0.3 is 0 Å². The smallest absolute Gasteiger partial charge is 0.125 e. The quantitative estimate of drug-likeness (QED) is 0.735. The van der Waals surface area contributed by atoms with Gasteiger partial charge in [-0.3, -0.25) is 0 Å². The number of hydrogen-bond donors (Lipinski definition) is 0. The van der Waals surface area contributed by atoms with E-state index < -0.39 is 0 Å². The molecule has 1 aliphatic heterocycles. The highest BCUT2D eigenvalue weighted by atomic mass is 35.5. The highest BCUT2D eigenvalue weighted by Gasteiger charge is 2.29. The summed E-state index contributed by atoms with van der Waals surface area (Å²) in [5.74, 6) is 1.94. The van der Waals surface area contributed by atoms with E-state index in [1.807, 2.05) is 0 Å². The van der Waals surface area contributed by atoms with E-state index >= 15 is 0 Å². The number of hydrogen-bond acceptors (Lipinski definition) is 1. The van der Waals surface area contributed by atoms with E-state index in [0.29, 0.717) is 5.38 Å². The van der Waals surface area contributed by atoms with Crippen LogP contribution in [0.3, 0.4) is 0 Å². The van der Waals surface area contributed by atoms with Gasteiger partial charge in [0.2, 0.25) is 0 Å². The molecule has 17 heavy (non-hydrogen) atoms. The van der Waals surface area contributed by atoms with Gasteiger partial charge in [0.05, 0.1) is 6.61 Å². The van der Waals surface area contributed by atoms with Crippen LogP contribution in [0.2, 0.25) is 0 Å². The van der Waals surface area contributed by atoms with Crippen molar-refractivity contribution in [2.24, 2.45) is 5.92 Å². The van der Waals surface area contributed by atoms with Crippen molar-refractivity contribution in [3.05, 3.63) is 29.3 Å². The molecule has 1 unspecified atom stereocenters. The lowest BCUT2D eigenvalue weighted by atomic mass is 9.98. The normalized spacial score (nSPS) is 20.5. The van der Waals surface area contributed by atoms with Crippen molar-refractivity contribution >= 4 is 11.6 Å². The topological polar surface area (TPSA) is 9.23 Å². The average molecular weight is 251 g/mol. The van der Waals surface area contributed by atoms with E-state index in [2.05, 4.69) is 18.2 Å². The predicted octanol–water partition coefficient (Wildman–Crippen LogP) is 3.96. The summed E-state index contributed by atoms with van der Waals surface area (Å²) in [5, 5.41) is 0.370. The van der Waals surface area contributed by atoms with E-state index in [1.54, 1.807) is 0 Å². The Labute approximate surface area is 108 Å². The van der Waals surface area contributed by atoms with Gasteiger partial charge in [0.15, 0.2) is 0 Å². The van der Waals surface area contributed by atoms with Crippen LogP contribution in [-0.4, -0.2) is 12.0 Å². The van der Waals surface area contributed by atoms with Crippen LogP contribution in [0.5, 0.6) is 5.75 Å². The Morgan fingerprint density at radius 1 is 1.35 bits per heavy atom. The zero-order chi connectivity index (χ0) is 11.7. The Morgan fingerprint density at radius 3 is 3.06 bits per heavy atom. The molecule has 92 valence electrons. The van der Waals surface area contributed by atoms with E-state index in [9.17, 15) is 0 Å². The maximum Gasteiger partial charge on any atom is 0.125 e. The first-order valence-electron chi connectivity index (χ1n) is 6.72. The molecule has 1 atom stereocenters. The molecule has 1 aromatic carbocycles. The molecular formula is C15H19ClO. The zero-order valence-electron chi connectivity index (χ0n) is 10.1. The van der Waals surface area contributed by atoms with Gasteiger partial charge in [0.1, 0.15) is 5.75 Å².